The highest BCUT2D eigenvalue weighted by atomic mass is 35.5. The van der Waals surface area contributed by atoms with E-state index in [9.17, 15) is 23.1 Å². The summed E-state index contributed by atoms with van der Waals surface area (Å²) in [7, 11) is 0. The molecule has 29 heavy (non-hydrogen) atoms. The zero-order valence-electron chi connectivity index (χ0n) is 14.6. The molecule has 0 radical (unpaired) electrons. The minimum absolute atomic E-state index is 0.0215. The smallest absolute Gasteiger partial charge is 0.416 e. The number of aliphatic imine (C=N–C) groups is 1. The summed E-state index contributed by atoms with van der Waals surface area (Å²) in [5, 5.41) is 11.1. The summed E-state index contributed by atoms with van der Waals surface area (Å²) >= 11 is 11.9. The molecule has 0 spiro atoms. The van der Waals surface area contributed by atoms with Crippen molar-refractivity contribution in [1.82, 2.24) is 5.32 Å². The van der Waals surface area contributed by atoms with Crippen molar-refractivity contribution in [2.45, 2.75) is 12.7 Å². The number of alkyl halides is 3. The number of nitrogens with zero attached hydrogens (tertiary/aromatic N) is 1. The number of hydrogen-bond donors (Lipinski definition) is 3. The predicted molar refractivity (Wildman–Crippen MR) is 103 cm³/mol. The molecule has 6 nitrogen and oxygen atoms in total. The van der Waals surface area contributed by atoms with Gasteiger partial charge in [-0.3, -0.25) is 4.99 Å². The number of furan rings is 1. The molecule has 2 rings (SSSR count). The Hall–Kier alpha value is -2.91. The van der Waals surface area contributed by atoms with Crippen LogP contribution in [0.1, 0.15) is 16.9 Å². The average molecular weight is 448 g/mol. The Balaban J connectivity index is 2.27. The van der Waals surface area contributed by atoms with Crippen LogP contribution in [0.4, 0.5) is 13.2 Å². The van der Waals surface area contributed by atoms with Gasteiger partial charge in [-0.1, -0.05) is 35.8 Å². The molecule has 11 heteroatoms. The Kier molecular flexibility index (Phi) is 6.99. The molecular weight excluding hydrogens is 434 g/mol. The summed E-state index contributed by atoms with van der Waals surface area (Å²) in [6.45, 7) is 3.62. The number of rotatable bonds is 7. The number of carboxylic acid groups (broad SMARTS) is 1. The number of amidine groups is 1. The van der Waals surface area contributed by atoms with Crippen molar-refractivity contribution in [3.05, 3.63) is 75.8 Å². The van der Waals surface area contributed by atoms with E-state index in [1.54, 1.807) is 12.1 Å². The molecule has 1 heterocycles. The zero-order chi connectivity index (χ0) is 21.8. The van der Waals surface area contributed by atoms with Crippen LogP contribution in [-0.2, 0) is 17.5 Å². The summed E-state index contributed by atoms with van der Waals surface area (Å²) in [5.74, 6) is -1.31. The average Bonchev–Trinajstić information content (AvgIpc) is 3.15. The lowest BCUT2D eigenvalue weighted by Gasteiger charge is -2.15. The Bertz CT molecular complexity index is 984. The largest absolute Gasteiger partial charge is 0.477 e. The third-order valence-electron chi connectivity index (χ3n) is 3.54. The van der Waals surface area contributed by atoms with E-state index < -0.39 is 28.4 Å². The van der Waals surface area contributed by atoms with Crippen molar-refractivity contribution >= 4 is 40.7 Å². The van der Waals surface area contributed by atoms with Crippen LogP contribution in [0.3, 0.4) is 0 Å². The quantitative estimate of drug-likeness (QED) is 0.327. The number of carbonyl (C=O) groups is 1. The Morgan fingerprint density at radius 3 is 2.55 bits per heavy atom. The SMILES string of the molecule is C=C(NC(C(=O)O)=C(Cl)C(N)=NCc1ccco1)c1ccc(C(F)(F)F)cc1Cl. The Labute approximate surface area is 173 Å². The van der Waals surface area contributed by atoms with E-state index in [1.807, 2.05) is 0 Å². The van der Waals surface area contributed by atoms with Crippen LogP contribution in [0, 0.1) is 0 Å². The van der Waals surface area contributed by atoms with Gasteiger partial charge in [0.25, 0.3) is 0 Å². The maximum absolute atomic E-state index is 12.8. The number of benzene rings is 1. The molecule has 0 aliphatic rings. The molecule has 4 N–H and O–H groups in total. The van der Waals surface area contributed by atoms with Crippen LogP contribution < -0.4 is 11.1 Å². The highest BCUT2D eigenvalue weighted by Gasteiger charge is 2.31. The number of carboxylic acids is 1. The van der Waals surface area contributed by atoms with Gasteiger partial charge < -0.3 is 20.6 Å². The van der Waals surface area contributed by atoms with Gasteiger partial charge in [0, 0.05) is 11.3 Å². The van der Waals surface area contributed by atoms with Gasteiger partial charge in [-0.05, 0) is 24.3 Å². The van der Waals surface area contributed by atoms with Crippen molar-refractivity contribution in [3.8, 4) is 0 Å². The van der Waals surface area contributed by atoms with Crippen molar-refractivity contribution < 1.29 is 27.5 Å². The minimum atomic E-state index is -4.58. The van der Waals surface area contributed by atoms with Crippen LogP contribution in [0.15, 0.2) is 63.3 Å². The lowest BCUT2D eigenvalue weighted by atomic mass is 10.1. The molecular formula is C18H14Cl2F3N3O3. The maximum atomic E-state index is 12.8. The highest BCUT2D eigenvalue weighted by Crippen LogP contribution is 2.33. The minimum Gasteiger partial charge on any atom is -0.477 e. The fourth-order valence-electron chi connectivity index (χ4n) is 2.12. The topological polar surface area (TPSA) is 101 Å². The van der Waals surface area contributed by atoms with Crippen LogP contribution in [0.5, 0.6) is 0 Å². The number of aliphatic carboxylic acids is 1. The van der Waals surface area contributed by atoms with Crippen molar-refractivity contribution in [3.63, 3.8) is 0 Å². The van der Waals surface area contributed by atoms with E-state index >= 15 is 0 Å². The molecule has 0 aliphatic heterocycles. The first-order chi connectivity index (χ1) is 13.5. The van der Waals surface area contributed by atoms with Gasteiger partial charge in [0.15, 0.2) is 0 Å². The summed E-state index contributed by atoms with van der Waals surface area (Å²) in [5.41, 5.74) is 4.14. The van der Waals surface area contributed by atoms with E-state index in [-0.39, 0.29) is 28.7 Å². The summed E-state index contributed by atoms with van der Waals surface area (Å²) in [4.78, 5) is 15.5. The van der Waals surface area contributed by atoms with E-state index in [1.165, 1.54) is 6.26 Å². The summed E-state index contributed by atoms with van der Waals surface area (Å²) in [6.07, 6.45) is -3.15. The monoisotopic (exact) mass is 447 g/mol. The molecule has 0 saturated carbocycles. The lowest BCUT2D eigenvalue weighted by molar-refractivity contribution is -0.137. The Morgan fingerprint density at radius 2 is 2.03 bits per heavy atom. The molecule has 0 saturated heterocycles. The zero-order valence-corrected chi connectivity index (χ0v) is 16.1. The van der Waals surface area contributed by atoms with E-state index in [4.69, 9.17) is 33.4 Å². The maximum Gasteiger partial charge on any atom is 0.416 e. The van der Waals surface area contributed by atoms with Gasteiger partial charge in [-0.15, -0.1) is 0 Å². The van der Waals surface area contributed by atoms with Crippen molar-refractivity contribution in [1.29, 1.82) is 0 Å². The van der Waals surface area contributed by atoms with Crippen LogP contribution in [0.2, 0.25) is 5.02 Å². The van der Waals surface area contributed by atoms with Gasteiger partial charge in [0.05, 0.1) is 23.4 Å². The van der Waals surface area contributed by atoms with Crippen molar-refractivity contribution in [2.24, 2.45) is 10.7 Å². The van der Waals surface area contributed by atoms with E-state index in [0.717, 1.165) is 12.1 Å². The van der Waals surface area contributed by atoms with Gasteiger partial charge >= 0.3 is 12.1 Å². The normalized spacial score (nSPS) is 13.1. The number of halogens is 5. The molecule has 0 fully saturated rings. The van der Waals surface area contributed by atoms with E-state index in [0.29, 0.717) is 11.8 Å². The molecule has 0 amide bonds. The number of nitrogens with two attached hydrogens (primary N) is 1. The predicted octanol–water partition coefficient (Wildman–Crippen LogP) is 4.60. The van der Waals surface area contributed by atoms with Crippen molar-refractivity contribution in [2.75, 3.05) is 0 Å². The number of nitrogens with one attached hydrogen (secondary N) is 1. The first-order valence-corrected chi connectivity index (χ1v) is 8.55. The second kappa shape index (κ2) is 9.06. The fourth-order valence-corrected chi connectivity index (χ4v) is 2.60. The van der Waals surface area contributed by atoms with E-state index in [2.05, 4.69) is 16.9 Å². The second-order valence-corrected chi connectivity index (χ2v) is 6.36. The van der Waals surface area contributed by atoms with Gasteiger partial charge in [0.2, 0.25) is 0 Å². The molecule has 1 aromatic carbocycles. The molecule has 2 aromatic rings. The van der Waals surface area contributed by atoms with Gasteiger partial charge in [-0.2, -0.15) is 13.2 Å². The first kappa shape index (κ1) is 22.4. The summed E-state index contributed by atoms with van der Waals surface area (Å²) in [6, 6.07) is 5.83. The highest BCUT2D eigenvalue weighted by molar-refractivity contribution is 6.44. The summed E-state index contributed by atoms with van der Waals surface area (Å²) < 4.78 is 43.3. The standard InChI is InChI=1S/C18H14Cl2F3N3O3/c1-9(12-5-4-10(7-13(12)19)18(21,22)23)26-15(17(27)28)14(20)16(24)25-8-11-3-2-6-29-11/h2-7,26H,1,8H2,(H2,24,25)(H,27,28). The van der Waals surface area contributed by atoms with Gasteiger partial charge in [-0.25, -0.2) is 4.79 Å². The third kappa shape index (κ3) is 5.78. The molecule has 154 valence electrons. The fraction of sp³-hybridized carbons (Fsp3) is 0.111. The molecule has 0 aliphatic carbocycles. The van der Waals surface area contributed by atoms with Gasteiger partial charge in [0.1, 0.15) is 22.3 Å². The molecule has 1 aromatic heterocycles. The van der Waals surface area contributed by atoms with Crippen LogP contribution in [-0.4, -0.2) is 16.9 Å². The molecule has 0 bridgehead atoms. The van der Waals surface area contributed by atoms with Crippen LogP contribution in [0.25, 0.3) is 5.70 Å². The number of hydrogen-bond acceptors (Lipinski definition) is 4. The Morgan fingerprint density at radius 1 is 1.34 bits per heavy atom. The first-order valence-electron chi connectivity index (χ1n) is 7.79. The molecule has 0 atom stereocenters. The molecule has 0 unspecified atom stereocenters. The third-order valence-corrected chi connectivity index (χ3v) is 4.24. The van der Waals surface area contributed by atoms with Crippen LogP contribution >= 0.6 is 23.2 Å². The second-order valence-electron chi connectivity index (χ2n) is 5.57. The lowest BCUT2D eigenvalue weighted by Crippen LogP contribution is -2.25.